The van der Waals surface area contributed by atoms with E-state index in [1.165, 1.54) is 12.3 Å². The number of hydrogen-bond donors (Lipinski definition) is 3. The van der Waals surface area contributed by atoms with Crippen molar-refractivity contribution in [3.63, 3.8) is 0 Å². The van der Waals surface area contributed by atoms with Crippen LogP contribution in [-0.4, -0.2) is 26.7 Å². The van der Waals surface area contributed by atoms with Crippen LogP contribution in [0.2, 0.25) is 0 Å². The molecule has 0 aliphatic rings. The number of carboxylic acid groups (broad SMARTS) is 1. The first-order valence-electron chi connectivity index (χ1n) is 5.05. The molecule has 0 atom stereocenters. The lowest BCUT2D eigenvalue weighted by molar-refractivity contribution is 0.0698. The number of aromatic carboxylic acids is 1. The Balaban J connectivity index is 2.24. The molecular formula is C10H6Br2N4O3S. The van der Waals surface area contributed by atoms with E-state index in [2.05, 4.69) is 52.1 Å². The molecule has 0 bridgehead atoms. The van der Waals surface area contributed by atoms with Crippen molar-refractivity contribution in [3.8, 4) is 0 Å². The summed E-state index contributed by atoms with van der Waals surface area (Å²) in [5, 5.41) is 18.2. The van der Waals surface area contributed by atoms with Gasteiger partial charge >= 0.3 is 12.0 Å². The Hall–Kier alpha value is -1.52. The maximum atomic E-state index is 11.8. The zero-order chi connectivity index (χ0) is 14.7. The highest BCUT2D eigenvalue weighted by atomic mass is 79.9. The molecule has 0 radical (unpaired) electrons. The monoisotopic (exact) mass is 420 g/mol. The Kier molecular flexibility index (Phi) is 4.68. The van der Waals surface area contributed by atoms with E-state index in [0.29, 0.717) is 13.9 Å². The molecule has 20 heavy (non-hydrogen) atoms. The average Bonchev–Trinajstić information content (AvgIpc) is 2.84. The summed E-state index contributed by atoms with van der Waals surface area (Å²) in [6, 6.07) is 2.45. The highest BCUT2D eigenvalue weighted by Gasteiger charge is 2.17. The average molecular weight is 422 g/mol. The minimum absolute atomic E-state index is 0.0381. The van der Waals surface area contributed by atoms with E-state index in [-0.39, 0.29) is 11.3 Å². The number of nitrogens with zero attached hydrogens (tertiary/aromatic N) is 2. The number of rotatable bonds is 3. The first-order valence-corrected chi connectivity index (χ1v) is 7.41. The highest BCUT2D eigenvalue weighted by molar-refractivity contribution is 9.11. The van der Waals surface area contributed by atoms with E-state index in [1.54, 1.807) is 6.07 Å². The molecule has 0 spiro atoms. The van der Waals surface area contributed by atoms with E-state index in [1.807, 2.05) is 0 Å². The molecule has 2 aromatic rings. The van der Waals surface area contributed by atoms with E-state index in [9.17, 15) is 9.59 Å². The van der Waals surface area contributed by atoms with Crippen LogP contribution in [-0.2, 0) is 0 Å². The number of carboxylic acids is 1. The highest BCUT2D eigenvalue weighted by Crippen LogP contribution is 2.31. The molecule has 0 aliphatic heterocycles. The third-order valence-electron chi connectivity index (χ3n) is 2.12. The van der Waals surface area contributed by atoms with Crippen molar-refractivity contribution >= 4 is 66.1 Å². The van der Waals surface area contributed by atoms with Gasteiger partial charge in [0.15, 0.2) is 0 Å². The molecule has 2 amide bonds. The van der Waals surface area contributed by atoms with Gasteiger partial charge in [-0.15, -0.1) is 5.10 Å². The number of halogens is 2. The number of anilines is 2. The van der Waals surface area contributed by atoms with E-state index < -0.39 is 12.0 Å². The van der Waals surface area contributed by atoms with Crippen molar-refractivity contribution in [1.29, 1.82) is 0 Å². The van der Waals surface area contributed by atoms with Gasteiger partial charge in [0, 0.05) is 20.5 Å². The number of carbonyl (C=O) groups excluding carboxylic acids is 1. The Labute approximate surface area is 133 Å². The summed E-state index contributed by atoms with van der Waals surface area (Å²) in [5.41, 5.74) is 0.125. The number of hydrogen-bond acceptors (Lipinski definition) is 5. The first kappa shape index (κ1) is 14.9. The fourth-order valence-electron chi connectivity index (χ4n) is 1.35. The van der Waals surface area contributed by atoms with Crippen molar-refractivity contribution < 1.29 is 14.7 Å². The Morgan fingerprint density at radius 1 is 1.25 bits per heavy atom. The number of aromatic nitrogens is 2. The minimum Gasteiger partial charge on any atom is -0.478 e. The van der Waals surface area contributed by atoms with Gasteiger partial charge in [-0.05, 0) is 28.1 Å². The van der Waals surface area contributed by atoms with Gasteiger partial charge in [0.2, 0.25) is 0 Å². The van der Waals surface area contributed by atoms with E-state index in [0.717, 1.165) is 11.5 Å². The summed E-state index contributed by atoms with van der Waals surface area (Å²) < 4.78 is 4.63. The second-order valence-electron chi connectivity index (χ2n) is 3.48. The van der Waals surface area contributed by atoms with Gasteiger partial charge in [-0.1, -0.05) is 20.4 Å². The molecule has 0 fully saturated rings. The molecule has 10 heteroatoms. The van der Waals surface area contributed by atoms with Gasteiger partial charge in [-0.3, -0.25) is 5.32 Å². The topological polar surface area (TPSA) is 104 Å². The fourth-order valence-corrected chi connectivity index (χ4v) is 3.09. The molecule has 1 aromatic heterocycles. The lowest BCUT2D eigenvalue weighted by Gasteiger charge is -2.11. The van der Waals surface area contributed by atoms with Crippen LogP contribution in [0.15, 0.2) is 27.3 Å². The number of benzene rings is 1. The lowest BCUT2D eigenvalue weighted by atomic mass is 10.2. The molecular weight excluding hydrogens is 416 g/mol. The zero-order valence-corrected chi connectivity index (χ0v) is 13.5. The predicted molar refractivity (Wildman–Crippen MR) is 81.4 cm³/mol. The van der Waals surface area contributed by atoms with Crippen LogP contribution in [0.25, 0.3) is 0 Å². The van der Waals surface area contributed by atoms with Crippen LogP contribution in [0.3, 0.4) is 0 Å². The van der Waals surface area contributed by atoms with Crippen LogP contribution < -0.4 is 10.6 Å². The van der Waals surface area contributed by atoms with E-state index >= 15 is 0 Å². The molecule has 0 unspecified atom stereocenters. The van der Waals surface area contributed by atoms with Gasteiger partial charge in [-0.2, -0.15) is 0 Å². The Bertz CT molecular complexity index is 663. The van der Waals surface area contributed by atoms with Crippen LogP contribution in [0.5, 0.6) is 0 Å². The quantitative estimate of drug-likeness (QED) is 0.704. The summed E-state index contributed by atoms with van der Waals surface area (Å²) in [6.07, 6.45) is 1.39. The van der Waals surface area contributed by atoms with Crippen molar-refractivity contribution in [2.75, 3.05) is 10.6 Å². The second kappa shape index (κ2) is 6.29. The van der Waals surface area contributed by atoms with Gasteiger partial charge in [0.1, 0.15) is 5.00 Å². The van der Waals surface area contributed by atoms with E-state index in [4.69, 9.17) is 5.11 Å². The van der Waals surface area contributed by atoms with Crippen molar-refractivity contribution in [2.45, 2.75) is 0 Å². The largest absolute Gasteiger partial charge is 0.478 e. The number of amides is 2. The maximum absolute atomic E-state index is 11.8. The number of urea groups is 1. The minimum atomic E-state index is -1.15. The number of nitrogens with one attached hydrogen (secondary N) is 2. The van der Waals surface area contributed by atoms with Crippen LogP contribution in [0.1, 0.15) is 10.4 Å². The second-order valence-corrected chi connectivity index (χ2v) is 6.03. The number of carbonyl (C=O) groups is 2. The lowest BCUT2D eigenvalue weighted by Crippen LogP contribution is -2.21. The fraction of sp³-hybridized carbons (Fsp3) is 0. The molecule has 7 nitrogen and oxygen atoms in total. The van der Waals surface area contributed by atoms with Gasteiger partial charge in [0.25, 0.3) is 0 Å². The predicted octanol–water partition coefficient (Wildman–Crippen LogP) is 3.41. The first-order chi connectivity index (χ1) is 9.47. The smallest absolute Gasteiger partial charge is 0.337 e. The zero-order valence-electron chi connectivity index (χ0n) is 9.55. The molecule has 0 saturated carbocycles. The summed E-state index contributed by atoms with van der Waals surface area (Å²) >= 11 is 7.42. The molecule has 1 heterocycles. The summed E-state index contributed by atoms with van der Waals surface area (Å²) in [4.78, 5) is 23.0. The van der Waals surface area contributed by atoms with Gasteiger partial charge in [0.05, 0.1) is 17.4 Å². The SMILES string of the molecule is O=C(Nc1cnns1)Nc1c(Br)cc(Br)cc1C(=O)O. The molecule has 0 aliphatic carbocycles. The third kappa shape index (κ3) is 3.52. The normalized spacial score (nSPS) is 10.1. The van der Waals surface area contributed by atoms with Gasteiger partial charge in [-0.25, -0.2) is 9.59 Å². The maximum Gasteiger partial charge on any atom is 0.337 e. The van der Waals surface area contributed by atoms with Crippen LogP contribution in [0.4, 0.5) is 15.5 Å². The van der Waals surface area contributed by atoms with Crippen molar-refractivity contribution in [3.05, 3.63) is 32.8 Å². The summed E-state index contributed by atoms with van der Waals surface area (Å²) in [5.74, 6) is -1.15. The summed E-state index contributed by atoms with van der Waals surface area (Å²) in [7, 11) is 0. The van der Waals surface area contributed by atoms with Gasteiger partial charge < -0.3 is 10.4 Å². The summed E-state index contributed by atoms with van der Waals surface area (Å²) in [6.45, 7) is 0. The molecule has 0 saturated heterocycles. The Morgan fingerprint density at radius 2 is 2.00 bits per heavy atom. The molecule has 1 aromatic carbocycles. The molecule has 3 N–H and O–H groups in total. The van der Waals surface area contributed by atoms with Crippen LogP contribution >= 0.6 is 43.4 Å². The molecule has 2 rings (SSSR count). The third-order valence-corrected chi connectivity index (χ3v) is 3.79. The van der Waals surface area contributed by atoms with Crippen molar-refractivity contribution in [1.82, 2.24) is 9.59 Å². The Morgan fingerprint density at radius 3 is 2.60 bits per heavy atom. The van der Waals surface area contributed by atoms with Crippen LogP contribution in [0, 0.1) is 0 Å². The molecule has 104 valence electrons. The standard InChI is InChI=1S/C10H6Br2N4O3S/c11-4-1-5(9(17)18)8(6(12)2-4)15-10(19)14-7-3-13-16-20-7/h1-3H,(H,17,18)(H2,14,15,19). The van der Waals surface area contributed by atoms with Crippen molar-refractivity contribution in [2.24, 2.45) is 0 Å².